The van der Waals surface area contributed by atoms with E-state index < -0.39 is 0 Å². The van der Waals surface area contributed by atoms with E-state index in [4.69, 9.17) is 190 Å². The summed E-state index contributed by atoms with van der Waals surface area (Å²) in [5.74, 6) is -0.440. The summed E-state index contributed by atoms with van der Waals surface area (Å²) < 4.78 is 6.30. The Kier molecular flexibility index (Phi) is 11.7. The van der Waals surface area contributed by atoms with Crippen LogP contribution < -0.4 is 4.74 Å². The molecule has 0 N–H and O–H groups in total. The van der Waals surface area contributed by atoms with Gasteiger partial charge in [0.15, 0.2) is 11.5 Å². The van der Waals surface area contributed by atoms with E-state index in [2.05, 4.69) is 0 Å². The van der Waals surface area contributed by atoms with Crippen LogP contribution in [0.5, 0.6) is 11.5 Å². The van der Waals surface area contributed by atoms with Crippen molar-refractivity contribution >= 4 is 186 Å². The van der Waals surface area contributed by atoms with Gasteiger partial charge in [0.25, 0.3) is 0 Å². The van der Waals surface area contributed by atoms with Crippen LogP contribution in [0, 0.1) is 0 Å². The number of halogens is 16. The minimum Gasteiger partial charge on any atom is -0.453 e. The van der Waals surface area contributed by atoms with Gasteiger partial charge in [0.05, 0.1) is 70.3 Å². The molecular weight excluding hydrogens is 872 g/mol. The predicted molar refractivity (Wildman–Crippen MR) is 184 cm³/mol. The fourth-order valence-electron chi connectivity index (χ4n) is 3.51. The average molecular weight is 874 g/mol. The Hall–Kier alpha value is 1.32. The van der Waals surface area contributed by atoms with Gasteiger partial charge in [-0.15, -0.1) is 0 Å². The van der Waals surface area contributed by atoms with Crippen molar-refractivity contribution < 1.29 is 4.74 Å². The van der Waals surface area contributed by atoms with Crippen LogP contribution in [0.4, 0.5) is 0 Å². The highest BCUT2D eigenvalue weighted by atomic mass is 35.5. The molecule has 41 heavy (non-hydrogen) atoms. The summed E-state index contributed by atoms with van der Waals surface area (Å²) in [4.78, 5) is 0. The molecule has 17 heteroatoms. The Morgan fingerprint density at radius 2 is 0.561 bits per heavy atom. The molecule has 0 saturated carbocycles. The molecule has 1 nitrogen and oxygen atoms in total. The third-order valence-electron chi connectivity index (χ3n) is 5.40. The SMILES string of the molecule is Clc1cc(-c2c(Cl)c(Cl)c(Cl)c(Cl)c2Oc2c(Cl)c(Cl)c(Cl)c(Cl)c2-c2cc(Cl)c(Cl)c(Cl)c2Cl)c(Cl)c(Cl)c1Cl. The van der Waals surface area contributed by atoms with Gasteiger partial charge in [0, 0.05) is 22.3 Å². The summed E-state index contributed by atoms with van der Waals surface area (Å²) in [6.07, 6.45) is 0. The first kappa shape index (κ1) is 35.2. The molecule has 0 amide bonds. The van der Waals surface area contributed by atoms with Crippen molar-refractivity contribution in [1.29, 1.82) is 0 Å². The molecule has 4 aromatic carbocycles. The quantitative estimate of drug-likeness (QED) is 0.147. The molecule has 0 fully saturated rings. The molecule has 0 aliphatic rings. The van der Waals surface area contributed by atoms with E-state index in [0.717, 1.165) is 0 Å². The van der Waals surface area contributed by atoms with Crippen LogP contribution in [0.3, 0.4) is 0 Å². The number of hydrogen-bond donors (Lipinski definition) is 0. The maximum Gasteiger partial charge on any atom is 0.157 e. The van der Waals surface area contributed by atoms with Crippen LogP contribution in [0.2, 0.25) is 80.4 Å². The summed E-state index contributed by atoms with van der Waals surface area (Å²) in [6.45, 7) is 0. The fraction of sp³-hybridized carbons (Fsp3) is 0. The highest BCUT2D eigenvalue weighted by molar-refractivity contribution is 6.57. The van der Waals surface area contributed by atoms with Crippen LogP contribution in [0.25, 0.3) is 22.3 Å². The Morgan fingerprint density at radius 1 is 0.293 bits per heavy atom. The number of ether oxygens (including phenoxy) is 1. The Balaban J connectivity index is 2.16. The lowest BCUT2D eigenvalue weighted by Gasteiger charge is -2.23. The van der Waals surface area contributed by atoms with Gasteiger partial charge >= 0.3 is 0 Å². The standard InChI is InChI=1S/C24H2Cl16O/c25-5-1-3(9(27)15(33)11(5)29)7-13(31)17(35)19(37)21(39)23(7)41-24-8(14(32)18(36)20(38)22(24)40)4-2-6(26)12(30)16(34)10(4)28/h1-2H. The summed E-state index contributed by atoms with van der Waals surface area (Å²) in [5, 5.41) is -1.69. The summed E-state index contributed by atoms with van der Waals surface area (Å²) in [5.41, 5.74) is 0.231. The van der Waals surface area contributed by atoms with Crippen molar-refractivity contribution in [3.05, 3.63) is 92.5 Å². The summed E-state index contributed by atoms with van der Waals surface area (Å²) in [6, 6.07) is 2.74. The lowest BCUT2D eigenvalue weighted by molar-refractivity contribution is 0.487. The molecule has 216 valence electrons. The first-order valence-electron chi connectivity index (χ1n) is 10.1. The highest BCUT2D eigenvalue weighted by Crippen LogP contribution is 2.59. The number of hydrogen-bond acceptors (Lipinski definition) is 1. The zero-order chi connectivity index (χ0) is 30.8. The molecule has 4 aromatic rings. The lowest BCUT2D eigenvalue weighted by Crippen LogP contribution is -1.98. The number of benzene rings is 4. The minimum absolute atomic E-state index is 0.000914. The Labute approximate surface area is 313 Å². The third-order valence-corrected chi connectivity index (χ3v) is 12.5. The predicted octanol–water partition coefficient (Wildman–Crippen LogP) is 17.3. The minimum atomic E-state index is -0.225. The van der Waals surface area contributed by atoms with E-state index in [-0.39, 0.29) is 114 Å². The number of rotatable bonds is 4. The normalized spacial score (nSPS) is 11.4. The monoisotopic (exact) mass is 866 g/mol. The molecule has 0 saturated heterocycles. The van der Waals surface area contributed by atoms with E-state index in [1.807, 2.05) is 0 Å². The molecule has 0 heterocycles. The van der Waals surface area contributed by atoms with Gasteiger partial charge in [-0.1, -0.05) is 186 Å². The van der Waals surface area contributed by atoms with Crippen LogP contribution in [0.15, 0.2) is 12.1 Å². The van der Waals surface area contributed by atoms with E-state index in [0.29, 0.717) is 0 Å². The summed E-state index contributed by atoms with van der Waals surface area (Å²) >= 11 is 103. The third kappa shape index (κ3) is 6.22. The molecule has 0 spiro atoms. The van der Waals surface area contributed by atoms with Crippen molar-refractivity contribution in [2.75, 3.05) is 0 Å². The molecule has 0 aromatic heterocycles. The van der Waals surface area contributed by atoms with Gasteiger partial charge in [-0.05, 0) is 12.1 Å². The van der Waals surface area contributed by atoms with Gasteiger partial charge in [0.2, 0.25) is 0 Å². The Bertz CT molecular complexity index is 1650. The van der Waals surface area contributed by atoms with Crippen molar-refractivity contribution in [2.24, 2.45) is 0 Å². The molecular formula is C24H2Cl16O. The molecule has 0 aliphatic heterocycles. The first-order chi connectivity index (χ1) is 19.0. The van der Waals surface area contributed by atoms with E-state index in [9.17, 15) is 0 Å². The molecule has 0 radical (unpaired) electrons. The fourth-order valence-corrected chi connectivity index (χ4v) is 7.25. The van der Waals surface area contributed by atoms with Crippen LogP contribution in [-0.4, -0.2) is 0 Å². The second-order valence-electron chi connectivity index (χ2n) is 7.72. The topological polar surface area (TPSA) is 9.23 Å². The van der Waals surface area contributed by atoms with Gasteiger partial charge < -0.3 is 4.74 Å². The van der Waals surface area contributed by atoms with Gasteiger partial charge in [-0.25, -0.2) is 0 Å². The molecule has 0 aliphatic carbocycles. The average Bonchev–Trinajstić information content (AvgIpc) is 2.94. The van der Waals surface area contributed by atoms with Gasteiger partial charge in [0.1, 0.15) is 10.0 Å². The van der Waals surface area contributed by atoms with Crippen LogP contribution >= 0.6 is 186 Å². The van der Waals surface area contributed by atoms with Crippen LogP contribution in [0.1, 0.15) is 0 Å². The van der Waals surface area contributed by atoms with Crippen molar-refractivity contribution in [3.8, 4) is 33.8 Å². The highest BCUT2D eigenvalue weighted by Gasteiger charge is 2.31. The molecule has 4 rings (SSSR count). The van der Waals surface area contributed by atoms with E-state index in [1.165, 1.54) is 12.1 Å². The van der Waals surface area contributed by atoms with Crippen LogP contribution in [-0.2, 0) is 0 Å². The zero-order valence-electron chi connectivity index (χ0n) is 18.6. The Morgan fingerprint density at radius 3 is 0.878 bits per heavy atom. The lowest BCUT2D eigenvalue weighted by atomic mass is 10.0. The van der Waals surface area contributed by atoms with Crippen molar-refractivity contribution in [3.63, 3.8) is 0 Å². The van der Waals surface area contributed by atoms with Crippen molar-refractivity contribution in [1.82, 2.24) is 0 Å². The summed E-state index contributed by atoms with van der Waals surface area (Å²) in [7, 11) is 0. The first-order valence-corrected chi connectivity index (χ1v) is 16.1. The maximum atomic E-state index is 6.65. The smallest absolute Gasteiger partial charge is 0.157 e. The van der Waals surface area contributed by atoms with Gasteiger partial charge in [-0.3, -0.25) is 0 Å². The van der Waals surface area contributed by atoms with Crippen molar-refractivity contribution in [2.45, 2.75) is 0 Å². The zero-order valence-corrected chi connectivity index (χ0v) is 30.7. The second-order valence-corrected chi connectivity index (χ2v) is 13.8. The van der Waals surface area contributed by atoms with Gasteiger partial charge in [-0.2, -0.15) is 0 Å². The molecule has 0 atom stereocenters. The largest absolute Gasteiger partial charge is 0.453 e. The molecule has 0 bridgehead atoms. The van der Waals surface area contributed by atoms with E-state index in [1.54, 1.807) is 0 Å². The molecule has 0 unspecified atom stereocenters. The maximum absolute atomic E-state index is 6.65. The van der Waals surface area contributed by atoms with E-state index >= 15 is 0 Å². The second kappa shape index (κ2) is 13.6.